The van der Waals surface area contributed by atoms with Crippen LogP contribution in [-0.2, 0) is 19.7 Å². The number of ether oxygens (including phenoxy) is 2. The van der Waals surface area contributed by atoms with E-state index in [9.17, 15) is 14.7 Å². The van der Waals surface area contributed by atoms with Crippen molar-refractivity contribution in [3.05, 3.63) is 54.6 Å². The molecule has 0 aliphatic carbocycles. The minimum absolute atomic E-state index is 0.0145. The van der Waals surface area contributed by atoms with Crippen LogP contribution < -0.4 is 4.74 Å². The van der Waals surface area contributed by atoms with E-state index in [-0.39, 0.29) is 11.5 Å². The smallest absolute Gasteiger partial charge is 0.330 e. The lowest BCUT2D eigenvalue weighted by Gasteiger charge is -2.23. The number of rotatable bonds is 7. The maximum atomic E-state index is 12.8. The van der Waals surface area contributed by atoms with E-state index in [2.05, 4.69) is 16.8 Å². The third-order valence-corrected chi connectivity index (χ3v) is 5.16. The third-order valence-electron chi connectivity index (χ3n) is 5.16. The Morgan fingerprint density at radius 1 is 1.15 bits per heavy atom. The summed E-state index contributed by atoms with van der Waals surface area (Å²) in [5.41, 5.74) is 1.81. The number of carbonyl (C=O) groups excluding carboxylic acids is 2. The van der Waals surface area contributed by atoms with E-state index < -0.39 is 29.4 Å². The Morgan fingerprint density at radius 2 is 1.76 bits per heavy atom. The van der Waals surface area contributed by atoms with Gasteiger partial charge >= 0.3 is 11.9 Å². The first-order valence-corrected chi connectivity index (χ1v) is 10.7. The number of benzene rings is 2. The topological polar surface area (TPSA) is 104 Å². The molecule has 0 amide bonds. The van der Waals surface area contributed by atoms with E-state index in [1.807, 2.05) is 45.0 Å². The summed E-state index contributed by atoms with van der Waals surface area (Å²) in [7, 11) is 0. The summed E-state index contributed by atoms with van der Waals surface area (Å²) in [6.45, 7) is 12.6. The summed E-state index contributed by atoms with van der Waals surface area (Å²) < 4.78 is 10.8. The van der Waals surface area contributed by atoms with Crippen LogP contribution in [-0.4, -0.2) is 38.1 Å². The molecule has 33 heavy (non-hydrogen) atoms. The Morgan fingerprint density at radius 3 is 2.30 bits per heavy atom. The van der Waals surface area contributed by atoms with Crippen molar-refractivity contribution in [2.75, 3.05) is 0 Å². The number of phenolic OH excluding ortho intramolecular Hbond substituents is 1. The fraction of sp³-hybridized carbons (Fsp3) is 0.360. The Kier molecular flexibility index (Phi) is 6.86. The molecule has 0 bridgehead atoms. The minimum atomic E-state index is -0.542. The highest BCUT2D eigenvalue weighted by Crippen LogP contribution is 2.38. The lowest BCUT2D eigenvalue weighted by atomic mass is 9.86. The molecule has 0 spiro atoms. The summed E-state index contributed by atoms with van der Waals surface area (Å²) in [6, 6.07) is 10.5. The first-order chi connectivity index (χ1) is 15.5. The van der Waals surface area contributed by atoms with Crippen molar-refractivity contribution < 1.29 is 24.2 Å². The lowest BCUT2D eigenvalue weighted by molar-refractivity contribution is -0.146. The van der Waals surface area contributed by atoms with Crippen molar-refractivity contribution in [3.8, 4) is 17.2 Å². The van der Waals surface area contributed by atoms with Gasteiger partial charge in [-0.15, -0.1) is 15.0 Å². The van der Waals surface area contributed by atoms with Crippen molar-refractivity contribution in [2.24, 2.45) is 5.92 Å². The van der Waals surface area contributed by atoms with Crippen molar-refractivity contribution in [2.45, 2.75) is 52.6 Å². The van der Waals surface area contributed by atoms with Gasteiger partial charge in [0.1, 0.15) is 34.3 Å². The van der Waals surface area contributed by atoms with E-state index in [0.29, 0.717) is 28.7 Å². The number of aromatic hydroxyl groups is 1. The van der Waals surface area contributed by atoms with E-state index in [1.165, 1.54) is 10.9 Å². The predicted molar refractivity (Wildman–Crippen MR) is 124 cm³/mol. The highest BCUT2D eigenvalue weighted by Gasteiger charge is 2.26. The predicted octanol–water partition coefficient (Wildman–Crippen LogP) is 4.47. The lowest BCUT2D eigenvalue weighted by Crippen LogP contribution is -2.24. The molecule has 3 rings (SSSR count). The summed E-state index contributed by atoms with van der Waals surface area (Å²) >= 11 is 0. The molecule has 0 saturated heterocycles. The van der Waals surface area contributed by atoms with Gasteiger partial charge in [-0.2, -0.15) is 0 Å². The molecule has 0 aliphatic heterocycles. The summed E-state index contributed by atoms with van der Waals surface area (Å²) in [6.07, 6.45) is 0.902. The normalized spacial score (nSPS) is 13.4. The number of hydrogen-bond acceptors (Lipinski definition) is 7. The molecule has 2 unspecified atom stereocenters. The zero-order valence-electron chi connectivity index (χ0n) is 19.5. The fourth-order valence-electron chi connectivity index (χ4n) is 3.45. The van der Waals surface area contributed by atoms with Crippen molar-refractivity contribution in [1.29, 1.82) is 0 Å². The standard InChI is InChI=1S/C25H29N3O5/c1-7-22(29)32-16(3)12-15(2)24(31)33-17-13-18(25(4,5)6)23(30)21(14-17)28-26-19-10-8-9-11-20(19)27-28/h7-11,13-16,30H,1,12H2,2-6H3. The highest BCUT2D eigenvalue weighted by molar-refractivity contribution is 5.81. The summed E-state index contributed by atoms with van der Waals surface area (Å²) in [5.74, 6) is -1.27. The number of nitrogens with zero attached hydrogens (tertiary/aromatic N) is 3. The molecule has 2 aromatic carbocycles. The minimum Gasteiger partial charge on any atom is -0.505 e. The van der Waals surface area contributed by atoms with Crippen LogP contribution in [0.3, 0.4) is 0 Å². The van der Waals surface area contributed by atoms with Gasteiger partial charge in [-0.1, -0.05) is 46.4 Å². The molecule has 0 aliphatic rings. The second kappa shape index (κ2) is 9.44. The Bertz CT molecular complexity index is 1160. The molecule has 1 N–H and O–H groups in total. The molecule has 3 aromatic rings. The molecule has 1 heterocycles. The number of fused-ring (bicyclic) bond motifs is 1. The largest absolute Gasteiger partial charge is 0.505 e. The quantitative estimate of drug-likeness (QED) is 0.321. The van der Waals surface area contributed by atoms with Crippen LogP contribution in [0.5, 0.6) is 11.5 Å². The van der Waals surface area contributed by atoms with Gasteiger partial charge in [-0.25, -0.2) is 4.79 Å². The number of phenols is 1. The first-order valence-electron chi connectivity index (χ1n) is 10.7. The average molecular weight is 452 g/mol. The maximum absolute atomic E-state index is 12.8. The van der Waals surface area contributed by atoms with Crippen molar-refractivity contribution >= 4 is 23.0 Å². The fourth-order valence-corrected chi connectivity index (χ4v) is 3.45. The second-order valence-corrected chi connectivity index (χ2v) is 9.08. The van der Waals surface area contributed by atoms with Gasteiger partial charge in [0.05, 0.1) is 5.92 Å². The molecule has 0 radical (unpaired) electrons. The molecular formula is C25H29N3O5. The van der Waals surface area contributed by atoms with Crippen LogP contribution in [0.25, 0.3) is 16.7 Å². The molecule has 8 nitrogen and oxygen atoms in total. The molecule has 1 aromatic heterocycles. The zero-order chi connectivity index (χ0) is 24.3. The monoisotopic (exact) mass is 451 g/mol. The Labute approximate surface area is 192 Å². The SMILES string of the molecule is C=CC(=O)OC(C)CC(C)C(=O)Oc1cc(-n2nc3ccccc3n2)c(O)c(C(C)(C)C)c1. The molecule has 174 valence electrons. The van der Waals surface area contributed by atoms with Crippen molar-refractivity contribution in [3.63, 3.8) is 0 Å². The third kappa shape index (κ3) is 5.58. The van der Waals surface area contributed by atoms with Gasteiger partial charge in [-0.3, -0.25) is 4.79 Å². The van der Waals surface area contributed by atoms with Crippen LogP contribution in [0.15, 0.2) is 49.1 Å². The van der Waals surface area contributed by atoms with Crippen LogP contribution in [0.4, 0.5) is 0 Å². The Balaban J connectivity index is 1.92. The Hall–Kier alpha value is -3.68. The number of aromatic nitrogens is 3. The second-order valence-electron chi connectivity index (χ2n) is 9.08. The van der Waals surface area contributed by atoms with Crippen molar-refractivity contribution in [1.82, 2.24) is 15.0 Å². The highest BCUT2D eigenvalue weighted by atomic mass is 16.5. The van der Waals surface area contributed by atoms with E-state index >= 15 is 0 Å². The molecule has 2 atom stereocenters. The van der Waals surface area contributed by atoms with Gasteiger partial charge in [0, 0.05) is 17.7 Å². The van der Waals surface area contributed by atoms with Crippen LogP contribution in [0.1, 0.15) is 46.6 Å². The van der Waals surface area contributed by atoms with E-state index in [1.54, 1.807) is 19.9 Å². The number of hydrogen-bond donors (Lipinski definition) is 1. The zero-order valence-corrected chi connectivity index (χ0v) is 19.5. The molecule has 0 saturated carbocycles. The van der Waals surface area contributed by atoms with E-state index in [4.69, 9.17) is 9.47 Å². The van der Waals surface area contributed by atoms with Gasteiger partial charge in [-0.05, 0) is 37.0 Å². The van der Waals surface area contributed by atoms with Gasteiger partial charge in [0.15, 0.2) is 0 Å². The van der Waals surface area contributed by atoms with Crippen LogP contribution in [0.2, 0.25) is 0 Å². The summed E-state index contributed by atoms with van der Waals surface area (Å²) in [5, 5.41) is 19.9. The van der Waals surface area contributed by atoms with E-state index in [0.717, 1.165) is 6.08 Å². The van der Waals surface area contributed by atoms with Gasteiger partial charge < -0.3 is 14.6 Å². The average Bonchev–Trinajstić information content (AvgIpc) is 3.17. The number of esters is 2. The number of carbonyl (C=O) groups is 2. The molecule has 0 fully saturated rings. The van der Waals surface area contributed by atoms with Gasteiger partial charge in [0.2, 0.25) is 0 Å². The molecule has 8 heteroatoms. The molecular weight excluding hydrogens is 422 g/mol. The first kappa shape index (κ1) is 24.0. The van der Waals surface area contributed by atoms with Crippen LogP contribution >= 0.6 is 0 Å². The maximum Gasteiger partial charge on any atom is 0.330 e. The van der Waals surface area contributed by atoms with Crippen LogP contribution in [0, 0.1) is 5.92 Å². The summed E-state index contributed by atoms with van der Waals surface area (Å²) in [4.78, 5) is 25.5. The van der Waals surface area contributed by atoms with Gasteiger partial charge in [0.25, 0.3) is 0 Å².